The molecule has 0 radical (unpaired) electrons. The molecule has 0 heterocycles. The molecule has 1 atom stereocenters. The lowest BCUT2D eigenvalue weighted by molar-refractivity contribution is -0.143. The first-order chi connectivity index (χ1) is 6.94. The summed E-state index contributed by atoms with van der Waals surface area (Å²) in [5.41, 5.74) is -0.749. The summed E-state index contributed by atoms with van der Waals surface area (Å²) in [5.74, 6) is 1.56. The molecule has 1 saturated carbocycles. The van der Waals surface area contributed by atoms with Crippen molar-refractivity contribution in [1.82, 2.24) is 5.32 Å². The Morgan fingerprint density at radius 2 is 2.20 bits per heavy atom. The Morgan fingerprint density at radius 1 is 1.60 bits per heavy atom. The van der Waals surface area contributed by atoms with E-state index in [9.17, 15) is 9.90 Å². The first-order valence-corrected chi connectivity index (χ1v) is 6.68. The molecule has 1 unspecified atom stereocenters. The molecule has 1 aliphatic carbocycles. The third kappa shape index (κ3) is 4.43. The quantitative estimate of drug-likeness (QED) is 0.703. The Kier molecular flexibility index (Phi) is 4.46. The van der Waals surface area contributed by atoms with Crippen molar-refractivity contribution in [3.8, 4) is 0 Å². The van der Waals surface area contributed by atoms with Crippen molar-refractivity contribution in [2.75, 3.05) is 11.5 Å². The highest BCUT2D eigenvalue weighted by atomic mass is 32.2. The van der Waals surface area contributed by atoms with Gasteiger partial charge in [-0.3, -0.25) is 10.1 Å². The minimum absolute atomic E-state index is 0.436. The van der Waals surface area contributed by atoms with Gasteiger partial charge in [-0.1, -0.05) is 13.8 Å². The lowest BCUT2D eigenvalue weighted by atomic mass is 10.1. The van der Waals surface area contributed by atoms with E-state index < -0.39 is 11.5 Å². The highest BCUT2D eigenvalue weighted by Gasteiger charge is 2.38. The highest BCUT2D eigenvalue weighted by molar-refractivity contribution is 7.99. The fourth-order valence-corrected chi connectivity index (χ4v) is 2.55. The summed E-state index contributed by atoms with van der Waals surface area (Å²) in [7, 11) is 0. The van der Waals surface area contributed by atoms with Crippen molar-refractivity contribution < 1.29 is 9.90 Å². The van der Waals surface area contributed by atoms with Gasteiger partial charge in [0, 0.05) is 11.8 Å². The molecule has 0 aromatic carbocycles. The molecule has 4 heteroatoms. The van der Waals surface area contributed by atoms with E-state index >= 15 is 0 Å². The number of aliphatic carboxylic acids is 1. The highest BCUT2D eigenvalue weighted by Crippen LogP contribution is 2.25. The maximum Gasteiger partial charge on any atom is 0.324 e. The van der Waals surface area contributed by atoms with Crippen LogP contribution in [0.1, 0.15) is 33.6 Å². The summed E-state index contributed by atoms with van der Waals surface area (Å²) < 4.78 is 0. The lowest BCUT2D eigenvalue weighted by Crippen LogP contribution is -2.52. The minimum Gasteiger partial charge on any atom is -0.480 e. The van der Waals surface area contributed by atoms with Gasteiger partial charge in [-0.15, -0.1) is 0 Å². The van der Waals surface area contributed by atoms with E-state index in [1.807, 2.05) is 0 Å². The maximum absolute atomic E-state index is 11.2. The van der Waals surface area contributed by atoms with Gasteiger partial charge in [0.25, 0.3) is 0 Å². The van der Waals surface area contributed by atoms with Crippen molar-refractivity contribution in [2.45, 2.75) is 45.2 Å². The van der Waals surface area contributed by atoms with Gasteiger partial charge in [0.15, 0.2) is 0 Å². The predicted molar refractivity (Wildman–Crippen MR) is 64.4 cm³/mol. The molecule has 2 N–H and O–H groups in total. The second kappa shape index (κ2) is 5.21. The summed E-state index contributed by atoms with van der Waals surface area (Å²) >= 11 is 1.72. The molecule has 0 aromatic rings. The van der Waals surface area contributed by atoms with Crippen LogP contribution in [0, 0.1) is 5.92 Å². The summed E-state index contributed by atoms with van der Waals surface area (Å²) in [4.78, 5) is 11.2. The van der Waals surface area contributed by atoms with Crippen molar-refractivity contribution in [1.29, 1.82) is 0 Å². The average Bonchev–Trinajstić information content (AvgIpc) is 2.87. The SMILES string of the molecule is CC(C)CSCC(C)(NC1CC1)C(=O)O. The Bertz CT molecular complexity index is 229. The van der Waals surface area contributed by atoms with E-state index in [2.05, 4.69) is 19.2 Å². The van der Waals surface area contributed by atoms with Crippen molar-refractivity contribution in [3.05, 3.63) is 0 Å². The number of rotatable bonds is 7. The van der Waals surface area contributed by atoms with Crippen LogP contribution in [0.5, 0.6) is 0 Å². The van der Waals surface area contributed by atoms with E-state index in [0.29, 0.717) is 17.7 Å². The monoisotopic (exact) mass is 231 g/mol. The van der Waals surface area contributed by atoms with Gasteiger partial charge in [0.05, 0.1) is 0 Å². The lowest BCUT2D eigenvalue weighted by Gasteiger charge is -2.26. The molecule has 0 amide bonds. The van der Waals surface area contributed by atoms with Gasteiger partial charge < -0.3 is 5.11 Å². The normalized spacial score (nSPS) is 20.3. The van der Waals surface area contributed by atoms with E-state index in [0.717, 1.165) is 18.6 Å². The van der Waals surface area contributed by atoms with Gasteiger partial charge in [-0.2, -0.15) is 11.8 Å². The molecule has 1 rings (SSSR count). The predicted octanol–water partition coefficient (Wildman–Crippen LogP) is 1.97. The number of carboxylic acids is 1. The van der Waals surface area contributed by atoms with Crippen LogP contribution < -0.4 is 5.32 Å². The summed E-state index contributed by atoms with van der Waals surface area (Å²) in [6.07, 6.45) is 2.25. The summed E-state index contributed by atoms with van der Waals surface area (Å²) in [5, 5.41) is 12.4. The van der Waals surface area contributed by atoms with Crippen LogP contribution in [0.4, 0.5) is 0 Å². The second-order valence-electron chi connectivity index (χ2n) is 4.96. The van der Waals surface area contributed by atoms with Gasteiger partial charge in [-0.05, 0) is 31.4 Å². The number of hydrogen-bond donors (Lipinski definition) is 2. The van der Waals surface area contributed by atoms with Crippen molar-refractivity contribution in [3.63, 3.8) is 0 Å². The third-order valence-corrected chi connectivity index (χ3v) is 4.10. The van der Waals surface area contributed by atoms with Gasteiger partial charge >= 0.3 is 5.97 Å². The second-order valence-corrected chi connectivity index (χ2v) is 6.00. The minimum atomic E-state index is -0.749. The molecule has 0 aromatic heterocycles. The molecular weight excluding hydrogens is 210 g/mol. The van der Waals surface area contributed by atoms with Gasteiger partial charge in [0.2, 0.25) is 0 Å². The molecule has 1 fully saturated rings. The molecule has 0 bridgehead atoms. The maximum atomic E-state index is 11.2. The fourth-order valence-electron chi connectivity index (χ4n) is 1.34. The first-order valence-electron chi connectivity index (χ1n) is 5.53. The van der Waals surface area contributed by atoms with Crippen molar-refractivity contribution >= 4 is 17.7 Å². The van der Waals surface area contributed by atoms with E-state index in [-0.39, 0.29) is 0 Å². The zero-order valence-corrected chi connectivity index (χ0v) is 10.6. The van der Waals surface area contributed by atoms with Crippen LogP contribution >= 0.6 is 11.8 Å². The number of carboxylic acid groups (broad SMARTS) is 1. The van der Waals surface area contributed by atoms with Gasteiger partial charge in [0.1, 0.15) is 5.54 Å². The molecule has 0 saturated heterocycles. The standard InChI is InChI=1S/C11H21NO2S/c1-8(2)6-15-7-11(3,10(13)14)12-9-4-5-9/h8-9,12H,4-7H2,1-3H3,(H,13,14). The largest absolute Gasteiger partial charge is 0.480 e. The zero-order valence-electron chi connectivity index (χ0n) is 9.75. The van der Waals surface area contributed by atoms with E-state index in [1.165, 1.54) is 0 Å². The number of thioether (sulfide) groups is 1. The molecule has 15 heavy (non-hydrogen) atoms. The third-order valence-electron chi connectivity index (χ3n) is 2.41. The van der Waals surface area contributed by atoms with Crippen LogP contribution in [0.15, 0.2) is 0 Å². The number of hydrogen-bond acceptors (Lipinski definition) is 3. The number of nitrogens with one attached hydrogen (secondary N) is 1. The Morgan fingerprint density at radius 3 is 2.60 bits per heavy atom. The summed E-state index contributed by atoms with van der Waals surface area (Å²) in [6.45, 7) is 6.10. The fraction of sp³-hybridized carbons (Fsp3) is 0.909. The van der Waals surface area contributed by atoms with Crippen LogP contribution in [0.3, 0.4) is 0 Å². The average molecular weight is 231 g/mol. The smallest absolute Gasteiger partial charge is 0.324 e. The van der Waals surface area contributed by atoms with Gasteiger partial charge in [-0.25, -0.2) is 0 Å². The van der Waals surface area contributed by atoms with Crippen LogP contribution in [0.2, 0.25) is 0 Å². The topological polar surface area (TPSA) is 49.3 Å². The number of carbonyl (C=O) groups is 1. The van der Waals surface area contributed by atoms with E-state index in [1.54, 1.807) is 18.7 Å². The van der Waals surface area contributed by atoms with Crippen molar-refractivity contribution in [2.24, 2.45) is 5.92 Å². The molecule has 3 nitrogen and oxygen atoms in total. The molecule has 0 spiro atoms. The molecule has 0 aliphatic heterocycles. The Labute approximate surface area is 96.0 Å². The Hall–Kier alpha value is -0.220. The molecule has 88 valence electrons. The zero-order chi connectivity index (χ0) is 11.5. The van der Waals surface area contributed by atoms with E-state index in [4.69, 9.17) is 0 Å². The van der Waals surface area contributed by atoms with Crippen LogP contribution in [-0.4, -0.2) is 34.2 Å². The first kappa shape index (κ1) is 12.8. The molecule has 1 aliphatic rings. The van der Waals surface area contributed by atoms with Crippen LogP contribution in [-0.2, 0) is 4.79 Å². The summed E-state index contributed by atoms with van der Waals surface area (Å²) in [6, 6.07) is 0.436. The Balaban J connectivity index is 2.37. The van der Waals surface area contributed by atoms with Crippen LogP contribution in [0.25, 0.3) is 0 Å². The molecular formula is C11H21NO2S.